The number of hydrogen-bond acceptors (Lipinski definition) is 7. The molecule has 3 aromatic carbocycles. The first-order valence-electron chi connectivity index (χ1n) is 13.4. The van der Waals surface area contributed by atoms with Crippen LogP contribution in [0.3, 0.4) is 0 Å². The summed E-state index contributed by atoms with van der Waals surface area (Å²) in [4.78, 5) is 19.6. The zero-order chi connectivity index (χ0) is 28.4. The summed E-state index contributed by atoms with van der Waals surface area (Å²) in [6.07, 6.45) is 0.279. The van der Waals surface area contributed by atoms with E-state index in [1.54, 1.807) is 28.4 Å². The van der Waals surface area contributed by atoms with Gasteiger partial charge in [-0.05, 0) is 60.9 Å². The second kappa shape index (κ2) is 11.5. The van der Waals surface area contributed by atoms with E-state index in [0.29, 0.717) is 30.2 Å². The predicted octanol–water partition coefficient (Wildman–Crippen LogP) is 5.67. The van der Waals surface area contributed by atoms with E-state index in [1.165, 1.54) is 0 Å². The molecule has 0 bridgehead atoms. The fraction of sp³-hybridized carbons (Fsp3) is 0.344. The van der Waals surface area contributed by atoms with Gasteiger partial charge in [-0.2, -0.15) is 0 Å². The number of ether oxygens (including phenoxy) is 5. The number of benzene rings is 3. The van der Waals surface area contributed by atoms with Gasteiger partial charge in [0.05, 0.1) is 40.6 Å². The molecule has 1 aromatic heterocycles. The highest BCUT2D eigenvalue weighted by molar-refractivity contribution is 5.87. The van der Waals surface area contributed by atoms with Crippen molar-refractivity contribution in [2.75, 3.05) is 28.4 Å². The van der Waals surface area contributed by atoms with E-state index in [-0.39, 0.29) is 18.1 Å². The van der Waals surface area contributed by atoms with Crippen molar-refractivity contribution in [1.82, 2.24) is 9.88 Å². The van der Waals surface area contributed by atoms with Gasteiger partial charge in [-0.1, -0.05) is 30.3 Å². The normalized spacial score (nSPS) is 17.0. The first-order valence-corrected chi connectivity index (χ1v) is 13.4. The van der Waals surface area contributed by atoms with Gasteiger partial charge in [-0.15, -0.1) is 0 Å². The van der Waals surface area contributed by atoms with Crippen molar-refractivity contribution in [2.45, 2.75) is 45.0 Å². The van der Waals surface area contributed by atoms with Crippen molar-refractivity contribution in [3.8, 4) is 23.0 Å². The van der Waals surface area contributed by atoms with E-state index in [2.05, 4.69) is 22.0 Å². The average Bonchev–Trinajstić information content (AvgIpc) is 3.34. The second-order valence-electron chi connectivity index (χ2n) is 10.1. The molecule has 0 fully saturated rings. The third kappa shape index (κ3) is 5.07. The lowest BCUT2D eigenvalue weighted by Gasteiger charge is -2.41. The van der Waals surface area contributed by atoms with E-state index in [4.69, 9.17) is 23.7 Å². The van der Waals surface area contributed by atoms with Crippen LogP contribution in [0.1, 0.15) is 42.3 Å². The number of aromatic amines is 1. The first kappa shape index (κ1) is 27.4. The third-order valence-corrected chi connectivity index (χ3v) is 7.40. The molecule has 1 aliphatic rings. The third-order valence-electron chi connectivity index (χ3n) is 7.40. The fourth-order valence-corrected chi connectivity index (χ4v) is 5.62. The maximum absolute atomic E-state index is 13.7. The van der Waals surface area contributed by atoms with Gasteiger partial charge in [-0.25, -0.2) is 0 Å². The Morgan fingerprint density at radius 2 is 1.60 bits per heavy atom. The van der Waals surface area contributed by atoms with Gasteiger partial charge in [0.2, 0.25) is 5.75 Å². The largest absolute Gasteiger partial charge is 0.497 e. The number of carbonyl (C=O) groups is 1. The van der Waals surface area contributed by atoms with Crippen molar-refractivity contribution in [1.29, 1.82) is 0 Å². The van der Waals surface area contributed by atoms with Gasteiger partial charge < -0.3 is 28.7 Å². The van der Waals surface area contributed by atoms with Gasteiger partial charge in [0.1, 0.15) is 11.8 Å². The van der Waals surface area contributed by atoms with Crippen molar-refractivity contribution in [3.63, 3.8) is 0 Å². The van der Waals surface area contributed by atoms with E-state index in [9.17, 15) is 4.79 Å². The van der Waals surface area contributed by atoms with Crippen LogP contribution in [0.25, 0.3) is 10.9 Å². The van der Waals surface area contributed by atoms with Crippen LogP contribution < -0.4 is 18.9 Å². The summed E-state index contributed by atoms with van der Waals surface area (Å²) in [5, 5.41) is 1.10. The number of nitrogens with zero attached hydrogens (tertiary/aromatic N) is 1. The lowest BCUT2D eigenvalue weighted by Crippen LogP contribution is -2.49. The Balaban J connectivity index is 1.73. The molecule has 2 heterocycles. The number of carbonyl (C=O) groups excluding carboxylic acids is 1. The molecule has 0 spiro atoms. The van der Waals surface area contributed by atoms with Gasteiger partial charge in [0, 0.05) is 29.6 Å². The van der Waals surface area contributed by atoms with E-state index < -0.39 is 6.04 Å². The number of hydrogen-bond donors (Lipinski definition) is 1. The second-order valence-corrected chi connectivity index (χ2v) is 10.1. The molecule has 8 nitrogen and oxygen atoms in total. The number of H-pyrrole nitrogens is 1. The van der Waals surface area contributed by atoms with Crippen LogP contribution in [0.5, 0.6) is 23.0 Å². The fourth-order valence-electron chi connectivity index (χ4n) is 5.62. The minimum absolute atomic E-state index is 0.237. The zero-order valence-electron chi connectivity index (χ0n) is 23.8. The van der Waals surface area contributed by atoms with Gasteiger partial charge in [-0.3, -0.25) is 9.69 Å². The Hall–Kier alpha value is -4.17. The SMILES string of the molecule is COc1ccc(CN2[C@H](c3cc(OC)c(OC)c(OC)c3)c3[nH]c4ccccc4c3C[C@@H]2C(=O)OC(C)C)cc1. The van der Waals surface area contributed by atoms with Crippen LogP contribution in [0.4, 0.5) is 0 Å². The summed E-state index contributed by atoms with van der Waals surface area (Å²) in [6.45, 7) is 4.25. The molecular weight excluding hydrogens is 508 g/mol. The number of fused-ring (bicyclic) bond motifs is 3. The Labute approximate surface area is 234 Å². The number of nitrogens with one attached hydrogen (secondary N) is 1. The quantitative estimate of drug-likeness (QED) is 0.272. The number of methoxy groups -OCH3 is 4. The summed E-state index contributed by atoms with van der Waals surface area (Å²) in [7, 11) is 6.45. The Bertz CT molecular complexity index is 1470. The molecule has 8 heteroatoms. The maximum atomic E-state index is 13.7. The summed E-state index contributed by atoms with van der Waals surface area (Å²) in [6, 6.07) is 19.2. The zero-order valence-corrected chi connectivity index (χ0v) is 23.8. The number of esters is 1. The summed E-state index contributed by atoms with van der Waals surface area (Å²) in [5.41, 5.74) is 5.09. The van der Waals surface area contributed by atoms with Crippen LogP contribution in [0, 0.1) is 0 Å². The van der Waals surface area contributed by atoms with Crippen LogP contribution in [0.2, 0.25) is 0 Å². The van der Waals surface area contributed by atoms with Crippen molar-refractivity contribution in [3.05, 3.63) is 83.0 Å². The number of aromatic nitrogens is 1. The molecule has 1 N–H and O–H groups in total. The average molecular weight is 545 g/mol. The summed E-state index contributed by atoms with van der Waals surface area (Å²) in [5.74, 6) is 2.13. The molecule has 4 aromatic rings. The molecule has 2 atom stereocenters. The summed E-state index contributed by atoms with van der Waals surface area (Å²) >= 11 is 0. The molecule has 0 unspecified atom stereocenters. The molecule has 0 aliphatic carbocycles. The molecule has 0 radical (unpaired) electrons. The van der Waals surface area contributed by atoms with Crippen molar-refractivity contribution >= 4 is 16.9 Å². The van der Waals surface area contributed by atoms with Crippen LogP contribution in [-0.4, -0.2) is 56.4 Å². The molecule has 0 amide bonds. The van der Waals surface area contributed by atoms with Gasteiger partial charge in [0.25, 0.3) is 0 Å². The molecule has 40 heavy (non-hydrogen) atoms. The van der Waals surface area contributed by atoms with Crippen molar-refractivity contribution in [2.24, 2.45) is 0 Å². The van der Waals surface area contributed by atoms with E-state index >= 15 is 0 Å². The highest BCUT2D eigenvalue weighted by Gasteiger charge is 2.42. The van der Waals surface area contributed by atoms with Gasteiger partial charge in [0.15, 0.2) is 11.5 Å². The predicted molar refractivity (Wildman–Crippen MR) is 153 cm³/mol. The number of para-hydroxylation sites is 1. The molecular formula is C32H36N2O6. The lowest BCUT2D eigenvalue weighted by molar-refractivity contribution is -0.155. The standard InChI is InChI=1S/C32H36N2O6/c1-19(2)40-32(35)26-17-24-23-9-7-8-10-25(23)33-29(24)30(34(26)18-20-11-13-22(36-3)14-12-20)21-15-27(37-4)31(39-6)28(16-21)38-5/h7-16,19,26,30,33H,17-18H2,1-6H3/t26-,30-/m1/s1. The minimum Gasteiger partial charge on any atom is -0.497 e. The maximum Gasteiger partial charge on any atom is 0.323 e. The molecule has 0 saturated carbocycles. The van der Waals surface area contributed by atoms with Crippen LogP contribution in [-0.2, 0) is 22.5 Å². The Morgan fingerprint density at radius 1 is 0.925 bits per heavy atom. The number of rotatable bonds is 9. The van der Waals surface area contributed by atoms with Gasteiger partial charge >= 0.3 is 5.97 Å². The molecule has 0 saturated heterocycles. The highest BCUT2D eigenvalue weighted by Crippen LogP contribution is 2.46. The Kier molecular flexibility index (Phi) is 7.89. The Morgan fingerprint density at radius 3 is 2.20 bits per heavy atom. The molecule has 1 aliphatic heterocycles. The minimum atomic E-state index is -0.528. The van der Waals surface area contributed by atoms with E-state index in [0.717, 1.165) is 39.0 Å². The first-order chi connectivity index (χ1) is 19.4. The van der Waals surface area contributed by atoms with Crippen molar-refractivity contribution < 1.29 is 28.5 Å². The molecule has 210 valence electrons. The lowest BCUT2D eigenvalue weighted by atomic mass is 9.87. The van der Waals surface area contributed by atoms with Crippen LogP contribution in [0.15, 0.2) is 60.7 Å². The van der Waals surface area contributed by atoms with Crippen LogP contribution >= 0.6 is 0 Å². The highest BCUT2D eigenvalue weighted by atomic mass is 16.5. The monoisotopic (exact) mass is 544 g/mol. The topological polar surface area (TPSA) is 82.3 Å². The smallest absolute Gasteiger partial charge is 0.323 e. The van der Waals surface area contributed by atoms with E-state index in [1.807, 2.05) is 62.4 Å². The summed E-state index contributed by atoms with van der Waals surface area (Å²) < 4.78 is 28.3. The molecule has 5 rings (SSSR count).